The number of hydrogen-bond acceptors (Lipinski definition) is 5. The quantitative estimate of drug-likeness (QED) is 0.824. The first kappa shape index (κ1) is 20.4. The first-order valence-electron chi connectivity index (χ1n) is 9.43. The Balaban J connectivity index is 2.05. The maximum atomic E-state index is 13.5. The highest BCUT2D eigenvalue weighted by Gasteiger charge is 2.39. The number of hydrogen-bond donors (Lipinski definition) is 1. The molecule has 0 unspecified atom stereocenters. The molecule has 0 radical (unpaired) electrons. The van der Waals surface area contributed by atoms with Crippen LogP contribution in [0.15, 0.2) is 29.6 Å². The largest absolute Gasteiger partial charge is 0.349 e. The van der Waals surface area contributed by atoms with Gasteiger partial charge in [0.25, 0.3) is 5.91 Å². The van der Waals surface area contributed by atoms with Gasteiger partial charge in [0.15, 0.2) is 5.69 Å². The fourth-order valence-electron chi connectivity index (χ4n) is 3.59. The van der Waals surface area contributed by atoms with Gasteiger partial charge < -0.3 is 10.2 Å². The van der Waals surface area contributed by atoms with Crippen molar-refractivity contribution >= 4 is 23.3 Å². The molecule has 0 spiro atoms. The number of carbonyl (C=O) groups excluding carboxylic acids is 2. The number of benzene rings is 1. The zero-order chi connectivity index (χ0) is 20.3. The van der Waals surface area contributed by atoms with Crippen LogP contribution in [0.3, 0.4) is 0 Å². The molecule has 1 saturated carbocycles. The van der Waals surface area contributed by atoms with Crippen LogP contribution in [0.5, 0.6) is 0 Å². The second kappa shape index (κ2) is 8.34. The summed E-state index contributed by atoms with van der Waals surface area (Å²) in [6, 6.07) is 4.82. The molecule has 8 heteroatoms. The van der Waals surface area contributed by atoms with E-state index in [1.54, 1.807) is 22.4 Å². The van der Waals surface area contributed by atoms with E-state index in [9.17, 15) is 14.0 Å². The van der Waals surface area contributed by atoms with Crippen LogP contribution in [0.25, 0.3) is 0 Å². The van der Waals surface area contributed by atoms with Crippen molar-refractivity contribution in [3.8, 4) is 0 Å². The maximum absolute atomic E-state index is 13.5. The average Bonchev–Trinajstić information content (AvgIpc) is 3.32. The van der Waals surface area contributed by atoms with Crippen molar-refractivity contribution in [2.24, 2.45) is 0 Å². The number of nitrogens with zero attached hydrogens (tertiary/aromatic N) is 3. The van der Waals surface area contributed by atoms with Crippen LogP contribution in [-0.2, 0) is 4.79 Å². The van der Waals surface area contributed by atoms with Gasteiger partial charge >= 0.3 is 0 Å². The lowest BCUT2D eigenvalue weighted by Crippen LogP contribution is -2.51. The molecular weight excluding hydrogens is 379 g/mol. The molecule has 1 aromatic heterocycles. The highest BCUT2D eigenvalue weighted by atomic mass is 32.1. The molecule has 1 aliphatic rings. The van der Waals surface area contributed by atoms with E-state index in [4.69, 9.17) is 0 Å². The molecule has 6 nitrogen and oxygen atoms in total. The normalized spacial score (nSPS) is 16.0. The standard InChI is InChI=1S/C20H25FN4O2S/c1-20(2,3)22-18(26)17(13-8-10-14(21)11-9-13)25(15-6-4-5-7-15)19(27)16-12-28-24-23-16/h8-12,15,17H,4-7H2,1-3H3,(H,22,26)/t17-/m0/s1. The number of carbonyl (C=O) groups is 2. The first-order valence-corrected chi connectivity index (χ1v) is 10.3. The lowest BCUT2D eigenvalue weighted by Gasteiger charge is -2.37. The highest BCUT2D eigenvalue weighted by molar-refractivity contribution is 7.03. The van der Waals surface area contributed by atoms with Crippen molar-refractivity contribution in [1.82, 2.24) is 19.8 Å². The average molecular weight is 405 g/mol. The molecule has 1 fully saturated rings. The number of amides is 2. The summed E-state index contributed by atoms with van der Waals surface area (Å²) in [7, 11) is 0. The lowest BCUT2D eigenvalue weighted by atomic mass is 9.99. The van der Waals surface area contributed by atoms with Gasteiger partial charge in [0.1, 0.15) is 11.9 Å². The summed E-state index contributed by atoms with van der Waals surface area (Å²) in [5, 5.41) is 8.49. The highest BCUT2D eigenvalue weighted by Crippen LogP contribution is 2.33. The topological polar surface area (TPSA) is 75.2 Å². The third-order valence-electron chi connectivity index (χ3n) is 4.74. The molecule has 2 aromatic rings. The molecule has 1 aliphatic carbocycles. The smallest absolute Gasteiger partial charge is 0.276 e. The van der Waals surface area contributed by atoms with E-state index in [0.717, 1.165) is 37.2 Å². The first-order chi connectivity index (χ1) is 13.3. The van der Waals surface area contributed by atoms with Crippen molar-refractivity contribution in [3.05, 3.63) is 46.7 Å². The Hall–Kier alpha value is -2.35. The number of nitrogens with one attached hydrogen (secondary N) is 1. The molecule has 0 aliphatic heterocycles. The van der Waals surface area contributed by atoms with Crippen LogP contribution in [0.1, 0.15) is 68.5 Å². The van der Waals surface area contributed by atoms with Gasteiger partial charge in [-0.05, 0) is 62.8 Å². The Morgan fingerprint density at radius 2 is 1.86 bits per heavy atom. The molecule has 2 amide bonds. The van der Waals surface area contributed by atoms with Gasteiger partial charge in [0.05, 0.1) is 0 Å². The SMILES string of the molecule is CC(C)(C)NC(=O)[C@H](c1ccc(F)cc1)N(C(=O)c1csnn1)C1CCCC1. The van der Waals surface area contributed by atoms with E-state index in [1.165, 1.54) is 12.1 Å². The fraction of sp³-hybridized carbons (Fsp3) is 0.500. The third kappa shape index (κ3) is 4.73. The van der Waals surface area contributed by atoms with E-state index >= 15 is 0 Å². The molecule has 1 heterocycles. The minimum absolute atomic E-state index is 0.0741. The molecular formula is C20H25FN4O2S. The van der Waals surface area contributed by atoms with Crippen LogP contribution in [0, 0.1) is 5.82 Å². The van der Waals surface area contributed by atoms with Gasteiger partial charge in [-0.25, -0.2) is 4.39 Å². The zero-order valence-electron chi connectivity index (χ0n) is 16.3. The van der Waals surface area contributed by atoms with E-state index in [2.05, 4.69) is 14.9 Å². The molecule has 0 saturated heterocycles. The molecule has 3 rings (SSSR count). The summed E-state index contributed by atoms with van der Waals surface area (Å²) in [6.07, 6.45) is 3.65. The zero-order valence-corrected chi connectivity index (χ0v) is 17.1. The van der Waals surface area contributed by atoms with Crippen molar-refractivity contribution in [2.45, 2.75) is 64.1 Å². The fourth-order valence-corrected chi connectivity index (χ4v) is 4.02. The summed E-state index contributed by atoms with van der Waals surface area (Å²) in [6.45, 7) is 5.66. The summed E-state index contributed by atoms with van der Waals surface area (Å²) >= 11 is 1.10. The summed E-state index contributed by atoms with van der Waals surface area (Å²) in [4.78, 5) is 28.2. The van der Waals surface area contributed by atoms with Gasteiger partial charge in [0, 0.05) is 17.0 Å². The molecule has 28 heavy (non-hydrogen) atoms. The minimum atomic E-state index is -0.864. The lowest BCUT2D eigenvalue weighted by molar-refractivity contribution is -0.128. The molecule has 1 N–H and O–H groups in total. The Morgan fingerprint density at radius 3 is 2.39 bits per heavy atom. The second-order valence-corrected chi connectivity index (χ2v) is 8.74. The van der Waals surface area contributed by atoms with Gasteiger partial charge in [-0.1, -0.05) is 29.5 Å². The van der Waals surface area contributed by atoms with Gasteiger partial charge in [-0.2, -0.15) is 0 Å². The second-order valence-electron chi connectivity index (χ2n) is 8.13. The minimum Gasteiger partial charge on any atom is -0.349 e. The number of halogens is 1. The van der Waals surface area contributed by atoms with Gasteiger partial charge in [-0.15, -0.1) is 5.10 Å². The van der Waals surface area contributed by atoms with Crippen molar-refractivity contribution in [2.75, 3.05) is 0 Å². The Morgan fingerprint density at radius 1 is 1.21 bits per heavy atom. The Labute approximate surface area is 168 Å². The van der Waals surface area contributed by atoms with E-state index in [-0.39, 0.29) is 29.4 Å². The summed E-state index contributed by atoms with van der Waals surface area (Å²) < 4.78 is 17.3. The van der Waals surface area contributed by atoms with Crippen LogP contribution >= 0.6 is 11.5 Å². The van der Waals surface area contributed by atoms with Crippen LogP contribution in [0.2, 0.25) is 0 Å². The predicted octanol–water partition coefficient (Wildman–Crippen LogP) is 3.72. The van der Waals surface area contributed by atoms with Gasteiger partial charge in [-0.3, -0.25) is 9.59 Å². The van der Waals surface area contributed by atoms with Crippen LogP contribution in [-0.4, -0.2) is 37.9 Å². The van der Waals surface area contributed by atoms with Crippen molar-refractivity contribution in [1.29, 1.82) is 0 Å². The van der Waals surface area contributed by atoms with Crippen molar-refractivity contribution in [3.63, 3.8) is 0 Å². The Bertz CT molecular complexity index is 812. The molecule has 1 aromatic carbocycles. The Kier molecular flexibility index (Phi) is 6.07. The van der Waals surface area contributed by atoms with E-state index in [0.29, 0.717) is 5.56 Å². The molecule has 0 bridgehead atoms. The predicted molar refractivity (Wildman–Crippen MR) is 105 cm³/mol. The number of aromatic nitrogens is 2. The van der Waals surface area contributed by atoms with Crippen LogP contribution in [0.4, 0.5) is 4.39 Å². The van der Waals surface area contributed by atoms with E-state index in [1.807, 2.05) is 20.8 Å². The summed E-state index contributed by atoms with van der Waals surface area (Å²) in [5.74, 6) is -0.997. The molecule has 1 atom stereocenters. The number of rotatable bonds is 5. The van der Waals surface area contributed by atoms with Crippen LogP contribution < -0.4 is 5.32 Å². The van der Waals surface area contributed by atoms with Gasteiger partial charge in [0.2, 0.25) is 5.91 Å². The maximum Gasteiger partial charge on any atom is 0.276 e. The van der Waals surface area contributed by atoms with Crippen molar-refractivity contribution < 1.29 is 14.0 Å². The summed E-state index contributed by atoms with van der Waals surface area (Å²) in [5.41, 5.74) is 0.334. The third-order valence-corrected chi connectivity index (χ3v) is 5.25. The monoisotopic (exact) mass is 404 g/mol. The molecule has 150 valence electrons. The van der Waals surface area contributed by atoms with E-state index < -0.39 is 11.6 Å².